The van der Waals surface area contributed by atoms with Crippen molar-refractivity contribution in [2.75, 3.05) is 14.7 Å². The lowest BCUT2D eigenvalue weighted by Gasteiger charge is -2.48. The summed E-state index contributed by atoms with van der Waals surface area (Å²) in [6.07, 6.45) is 5.31. The number of para-hydroxylation sites is 8. The summed E-state index contributed by atoms with van der Waals surface area (Å²) in [7, 11) is 0. The molecule has 6 aliphatic rings. The molecule has 0 saturated carbocycles. The summed E-state index contributed by atoms with van der Waals surface area (Å²) >= 11 is 0. The van der Waals surface area contributed by atoms with E-state index in [1.54, 1.807) is 0 Å². The van der Waals surface area contributed by atoms with Crippen LogP contribution in [0.3, 0.4) is 0 Å². The minimum Gasteiger partial charge on any atom is -0.453 e. The molecular weight excluding hydrogens is 617 g/mol. The molecule has 1 atom stereocenters. The second kappa shape index (κ2) is 9.42. The molecule has 50 heavy (non-hydrogen) atoms. The average molecular weight is 646 g/mol. The fourth-order valence-corrected chi connectivity index (χ4v) is 8.91. The highest BCUT2D eigenvalue weighted by molar-refractivity contribution is 7.00. The third-order valence-corrected chi connectivity index (χ3v) is 10.9. The largest absolute Gasteiger partial charge is 0.453 e. The number of anilines is 8. The number of allylic oxidation sites excluding steroid dienone is 3. The Balaban J connectivity index is 1.22. The second-order valence-corrected chi connectivity index (χ2v) is 13.8. The Hall–Kier alpha value is -6.34. The van der Waals surface area contributed by atoms with Gasteiger partial charge in [0.25, 0.3) is 6.71 Å². The molecule has 0 N–H and O–H groups in total. The van der Waals surface area contributed by atoms with E-state index in [0.717, 1.165) is 80.7 Å². The normalized spacial score (nSPS) is 17.6. The predicted octanol–water partition coefficient (Wildman–Crippen LogP) is 9.32. The molecule has 0 aromatic heterocycles. The van der Waals surface area contributed by atoms with E-state index in [4.69, 9.17) is 14.2 Å². The number of ether oxygens (including phenoxy) is 3. The number of benzene rings is 6. The lowest BCUT2D eigenvalue weighted by Crippen LogP contribution is -2.62. The molecule has 7 heteroatoms. The summed E-state index contributed by atoms with van der Waals surface area (Å²) in [5.74, 6) is 5.55. The standard InChI is InChI=1S/C43H28BN3O3/c1-25-20-21-38-32(22-25)47-34-24-26(45-29-12-2-5-15-35(29)48-36-16-6-3-13-30(36)45)23-33-41(34)44(28-11-9-19-40(50-38)43(28)47)27-10-8-18-39-42(27)46(33)31-14-4-7-17-37(31)49-39/h2-21,23-25H,22H2,1H3. The van der Waals surface area contributed by atoms with Crippen LogP contribution in [-0.4, -0.2) is 6.71 Å². The molecule has 12 rings (SSSR count). The molecule has 0 spiro atoms. The Bertz CT molecular complexity index is 2530. The fourth-order valence-electron chi connectivity index (χ4n) is 8.91. The van der Waals surface area contributed by atoms with Crippen molar-refractivity contribution in [3.8, 4) is 28.7 Å². The van der Waals surface area contributed by atoms with Gasteiger partial charge in [0.2, 0.25) is 0 Å². The van der Waals surface area contributed by atoms with Gasteiger partial charge >= 0.3 is 0 Å². The van der Waals surface area contributed by atoms with Gasteiger partial charge in [-0.15, -0.1) is 0 Å². The monoisotopic (exact) mass is 645 g/mol. The zero-order valence-electron chi connectivity index (χ0n) is 27.1. The fraction of sp³-hybridized carbons (Fsp3) is 0.0698. The zero-order chi connectivity index (χ0) is 32.7. The first-order valence-electron chi connectivity index (χ1n) is 17.3. The Morgan fingerprint density at radius 1 is 0.540 bits per heavy atom. The molecule has 1 unspecified atom stereocenters. The van der Waals surface area contributed by atoms with Crippen LogP contribution in [0.2, 0.25) is 0 Å². The molecule has 0 radical (unpaired) electrons. The number of hydrogen-bond donors (Lipinski definition) is 0. The van der Waals surface area contributed by atoms with Gasteiger partial charge in [0, 0.05) is 11.4 Å². The van der Waals surface area contributed by atoms with E-state index in [0.29, 0.717) is 5.92 Å². The zero-order valence-corrected chi connectivity index (χ0v) is 27.1. The first-order valence-corrected chi connectivity index (χ1v) is 17.3. The van der Waals surface area contributed by atoms with Crippen LogP contribution < -0.4 is 45.3 Å². The molecule has 0 fully saturated rings. The van der Waals surface area contributed by atoms with Gasteiger partial charge in [0.1, 0.15) is 5.76 Å². The van der Waals surface area contributed by atoms with Crippen LogP contribution in [0, 0.1) is 5.92 Å². The molecular formula is C43H28BN3O3. The minimum absolute atomic E-state index is 0.0214. The lowest BCUT2D eigenvalue weighted by molar-refractivity contribution is 0.415. The number of nitrogens with zero attached hydrogens (tertiary/aromatic N) is 3. The number of fused-ring (bicyclic) bond motifs is 9. The van der Waals surface area contributed by atoms with E-state index in [2.05, 4.69) is 137 Å². The van der Waals surface area contributed by atoms with Crippen molar-refractivity contribution in [3.05, 3.63) is 145 Å². The SMILES string of the molecule is CC1C=CC2=C(C1)N1c3cc(N4c5ccccc5Oc5ccccc54)cc4c3B(c3cccc(c31)O2)c1cccc2c1N4c1ccccc1O2. The van der Waals surface area contributed by atoms with Gasteiger partial charge < -0.3 is 28.9 Å². The van der Waals surface area contributed by atoms with Crippen molar-refractivity contribution in [2.24, 2.45) is 5.92 Å². The molecule has 236 valence electrons. The predicted molar refractivity (Wildman–Crippen MR) is 200 cm³/mol. The summed E-state index contributed by atoms with van der Waals surface area (Å²) in [6, 6.07) is 42.8. The highest BCUT2D eigenvalue weighted by Gasteiger charge is 2.49. The van der Waals surface area contributed by atoms with E-state index in [-0.39, 0.29) is 6.71 Å². The van der Waals surface area contributed by atoms with Crippen LogP contribution in [0.1, 0.15) is 13.3 Å². The van der Waals surface area contributed by atoms with Crippen LogP contribution in [-0.2, 0) is 0 Å². The smallest absolute Gasteiger partial charge is 0.252 e. The Morgan fingerprint density at radius 3 is 1.72 bits per heavy atom. The number of hydrogen-bond acceptors (Lipinski definition) is 6. The maximum absolute atomic E-state index is 6.73. The van der Waals surface area contributed by atoms with Crippen LogP contribution in [0.5, 0.6) is 28.7 Å². The van der Waals surface area contributed by atoms with Crippen molar-refractivity contribution in [1.82, 2.24) is 0 Å². The molecule has 6 nitrogen and oxygen atoms in total. The van der Waals surface area contributed by atoms with Crippen LogP contribution in [0.15, 0.2) is 145 Å². The minimum atomic E-state index is -0.0214. The lowest BCUT2D eigenvalue weighted by atomic mass is 9.33. The Kier molecular flexibility index (Phi) is 5.01. The van der Waals surface area contributed by atoms with Gasteiger partial charge in [-0.1, -0.05) is 73.7 Å². The highest BCUT2D eigenvalue weighted by Crippen LogP contribution is 2.57. The highest BCUT2D eigenvalue weighted by atomic mass is 16.5. The van der Waals surface area contributed by atoms with E-state index in [1.807, 2.05) is 18.2 Å². The van der Waals surface area contributed by atoms with Gasteiger partial charge in [0.15, 0.2) is 28.7 Å². The Labute approximate surface area is 289 Å². The Morgan fingerprint density at radius 2 is 1.06 bits per heavy atom. The summed E-state index contributed by atoms with van der Waals surface area (Å²) in [5, 5.41) is 0. The molecule has 6 aromatic carbocycles. The second-order valence-electron chi connectivity index (χ2n) is 13.8. The summed E-state index contributed by atoms with van der Waals surface area (Å²) in [5.41, 5.74) is 13.6. The molecule has 0 amide bonds. The van der Waals surface area contributed by atoms with E-state index in [1.165, 1.54) is 27.8 Å². The maximum Gasteiger partial charge on any atom is 0.252 e. The molecule has 5 aliphatic heterocycles. The third kappa shape index (κ3) is 3.34. The first kappa shape index (κ1) is 26.6. The topological polar surface area (TPSA) is 37.4 Å². The quantitative estimate of drug-likeness (QED) is 0.166. The summed E-state index contributed by atoms with van der Waals surface area (Å²) in [4.78, 5) is 7.31. The van der Waals surface area contributed by atoms with Crippen molar-refractivity contribution < 1.29 is 14.2 Å². The molecule has 0 saturated heterocycles. The van der Waals surface area contributed by atoms with Crippen molar-refractivity contribution in [1.29, 1.82) is 0 Å². The van der Waals surface area contributed by atoms with E-state index >= 15 is 0 Å². The van der Waals surface area contributed by atoms with Crippen LogP contribution >= 0.6 is 0 Å². The van der Waals surface area contributed by atoms with Gasteiger partial charge in [-0.05, 0) is 95.5 Å². The number of rotatable bonds is 1. The molecule has 5 heterocycles. The van der Waals surface area contributed by atoms with Crippen molar-refractivity contribution >= 4 is 68.6 Å². The summed E-state index contributed by atoms with van der Waals surface area (Å²) < 4.78 is 19.8. The van der Waals surface area contributed by atoms with Gasteiger partial charge in [-0.2, -0.15) is 0 Å². The van der Waals surface area contributed by atoms with Crippen LogP contribution in [0.25, 0.3) is 0 Å². The van der Waals surface area contributed by atoms with Gasteiger partial charge in [0.05, 0.1) is 39.8 Å². The van der Waals surface area contributed by atoms with Gasteiger partial charge in [-0.3, -0.25) is 0 Å². The van der Waals surface area contributed by atoms with E-state index < -0.39 is 0 Å². The van der Waals surface area contributed by atoms with Crippen LogP contribution in [0.4, 0.5) is 45.5 Å². The first-order chi connectivity index (χ1) is 24.7. The summed E-state index contributed by atoms with van der Waals surface area (Å²) in [6.45, 7) is 2.26. The van der Waals surface area contributed by atoms with Gasteiger partial charge in [-0.25, -0.2) is 0 Å². The van der Waals surface area contributed by atoms with Crippen molar-refractivity contribution in [2.45, 2.75) is 13.3 Å². The maximum atomic E-state index is 6.73. The average Bonchev–Trinajstić information content (AvgIpc) is 3.15. The van der Waals surface area contributed by atoms with E-state index in [9.17, 15) is 0 Å². The molecule has 1 aliphatic carbocycles. The third-order valence-electron chi connectivity index (χ3n) is 10.9. The molecule has 6 aromatic rings. The van der Waals surface area contributed by atoms with Crippen molar-refractivity contribution in [3.63, 3.8) is 0 Å². The molecule has 0 bridgehead atoms.